The van der Waals surface area contributed by atoms with Gasteiger partial charge in [-0.1, -0.05) is 30.3 Å². The maximum absolute atomic E-state index is 10.6. The molecule has 1 N–H and O–H groups in total. The van der Waals surface area contributed by atoms with Crippen molar-refractivity contribution in [1.29, 1.82) is 0 Å². The van der Waals surface area contributed by atoms with E-state index in [0.717, 1.165) is 29.9 Å². The fourth-order valence-electron chi connectivity index (χ4n) is 2.99. The second-order valence-corrected chi connectivity index (χ2v) is 6.08. The number of nitrogens with zero attached hydrogens (tertiary/aromatic N) is 4. The van der Waals surface area contributed by atoms with Crippen molar-refractivity contribution in [2.24, 2.45) is 0 Å². The van der Waals surface area contributed by atoms with Crippen LogP contribution in [0.3, 0.4) is 0 Å². The Morgan fingerprint density at radius 3 is 2.62 bits per heavy atom. The number of hydrogen-bond donors (Lipinski definition) is 1. The molecule has 1 aromatic carbocycles. The van der Waals surface area contributed by atoms with Gasteiger partial charge >= 0.3 is 0 Å². The van der Waals surface area contributed by atoms with Crippen LogP contribution in [0.5, 0.6) is 5.88 Å². The highest BCUT2D eigenvalue weighted by molar-refractivity contribution is 6.29. The molecule has 1 aliphatic heterocycles. The molecule has 1 aliphatic rings. The lowest BCUT2D eigenvalue weighted by Crippen LogP contribution is -2.36. The number of benzene rings is 1. The molecule has 3 heterocycles. The van der Waals surface area contributed by atoms with Crippen LogP contribution in [-0.4, -0.2) is 45.9 Å². The summed E-state index contributed by atoms with van der Waals surface area (Å²) >= 11 is 6.08. The van der Waals surface area contributed by atoms with Crippen LogP contribution in [-0.2, 0) is 11.3 Å². The molecule has 1 saturated heterocycles. The summed E-state index contributed by atoms with van der Waals surface area (Å²) in [5, 5.41) is 11.5. The number of halogens is 1. The zero-order valence-electron chi connectivity index (χ0n) is 13.0. The van der Waals surface area contributed by atoms with E-state index in [1.807, 2.05) is 36.5 Å². The van der Waals surface area contributed by atoms with Crippen LogP contribution in [0.4, 0.5) is 5.82 Å². The van der Waals surface area contributed by atoms with E-state index in [0.29, 0.717) is 25.3 Å². The second-order valence-electron chi connectivity index (χ2n) is 5.74. The van der Waals surface area contributed by atoms with Gasteiger partial charge in [0.15, 0.2) is 0 Å². The Hall–Kier alpha value is -2.31. The molecule has 0 bridgehead atoms. The summed E-state index contributed by atoms with van der Waals surface area (Å²) in [6.07, 6.45) is 1.89. The van der Waals surface area contributed by atoms with Crippen LogP contribution < -0.4 is 4.90 Å². The standard InChI is InChI=1S/C17H17ClN4O2/c18-17-19-14-13(15(20-17)21-6-8-24-9-7-21)11-22(16(14)23)10-12-4-2-1-3-5-12/h1-5,11,23H,6-10H2. The first-order valence-corrected chi connectivity index (χ1v) is 8.22. The Morgan fingerprint density at radius 1 is 1.12 bits per heavy atom. The molecule has 0 amide bonds. The van der Waals surface area contributed by atoms with Gasteiger partial charge in [0.05, 0.1) is 25.1 Å². The van der Waals surface area contributed by atoms with E-state index in [2.05, 4.69) is 14.9 Å². The summed E-state index contributed by atoms with van der Waals surface area (Å²) in [5.41, 5.74) is 1.58. The van der Waals surface area contributed by atoms with Crippen LogP contribution in [0.15, 0.2) is 36.5 Å². The first kappa shape index (κ1) is 15.2. The summed E-state index contributed by atoms with van der Waals surface area (Å²) in [7, 11) is 0. The monoisotopic (exact) mass is 344 g/mol. The van der Waals surface area contributed by atoms with Crippen LogP contribution in [0.1, 0.15) is 5.56 Å². The van der Waals surface area contributed by atoms with E-state index in [4.69, 9.17) is 16.3 Å². The third-order valence-electron chi connectivity index (χ3n) is 4.17. The number of hydrogen-bond acceptors (Lipinski definition) is 5. The smallest absolute Gasteiger partial charge is 0.225 e. The number of aromatic nitrogens is 3. The minimum Gasteiger partial charge on any atom is -0.493 e. The molecular weight excluding hydrogens is 328 g/mol. The van der Waals surface area contributed by atoms with Crippen molar-refractivity contribution in [2.45, 2.75) is 6.54 Å². The minimum atomic E-state index is 0.104. The van der Waals surface area contributed by atoms with Gasteiger partial charge in [0, 0.05) is 19.3 Å². The lowest BCUT2D eigenvalue weighted by atomic mass is 10.2. The fourth-order valence-corrected chi connectivity index (χ4v) is 3.15. The Morgan fingerprint density at radius 2 is 1.88 bits per heavy atom. The van der Waals surface area contributed by atoms with Gasteiger partial charge in [0.1, 0.15) is 11.3 Å². The van der Waals surface area contributed by atoms with Gasteiger partial charge < -0.3 is 19.3 Å². The molecule has 7 heteroatoms. The lowest BCUT2D eigenvalue weighted by molar-refractivity contribution is 0.122. The van der Waals surface area contributed by atoms with Crippen molar-refractivity contribution in [1.82, 2.24) is 14.5 Å². The summed E-state index contributed by atoms with van der Waals surface area (Å²) in [4.78, 5) is 10.7. The Balaban J connectivity index is 1.79. The molecule has 0 aliphatic carbocycles. The fraction of sp³-hybridized carbons (Fsp3) is 0.294. The number of aromatic hydroxyl groups is 1. The highest BCUT2D eigenvalue weighted by Crippen LogP contribution is 2.33. The SMILES string of the molecule is Oc1c2nc(Cl)nc(N3CCOCC3)c2cn1Cc1ccccc1. The summed E-state index contributed by atoms with van der Waals surface area (Å²) in [5.74, 6) is 0.850. The number of ether oxygens (including phenoxy) is 1. The summed E-state index contributed by atoms with van der Waals surface area (Å²) in [6.45, 7) is 3.35. The van der Waals surface area contributed by atoms with Crippen molar-refractivity contribution in [2.75, 3.05) is 31.2 Å². The molecular formula is C17H17ClN4O2. The van der Waals surface area contributed by atoms with E-state index >= 15 is 0 Å². The van der Waals surface area contributed by atoms with Gasteiger partial charge in [0.25, 0.3) is 0 Å². The normalized spacial score (nSPS) is 15.1. The molecule has 0 radical (unpaired) electrons. The largest absolute Gasteiger partial charge is 0.493 e. The summed E-state index contributed by atoms with van der Waals surface area (Å²) in [6, 6.07) is 9.96. The third-order valence-corrected chi connectivity index (χ3v) is 4.34. The molecule has 0 unspecified atom stereocenters. The van der Waals surface area contributed by atoms with Gasteiger partial charge in [-0.15, -0.1) is 0 Å². The molecule has 0 atom stereocenters. The van der Waals surface area contributed by atoms with Gasteiger partial charge in [-0.2, -0.15) is 4.98 Å². The first-order valence-electron chi connectivity index (χ1n) is 7.84. The van der Waals surface area contributed by atoms with Crippen molar-refractivity contribution in [3.63, 3.8) is 0 Å². The maximum atomic E-state index is 10.6. The molecule has 4 rings (SSSR count). The van der Waals surface area contributed by atoms with Crippen LogP contribution in [0.25, 0.3) is 10.9 Å². The molecule has 6 nitrogen and oxygen atoms in total. The highest BCUT2D eigenvalue weighted by Gasteiger charge is 2.21. The molecule has 0 saturated carbocycles. The van der Waals surface area contributed by atoms with Crippen LogP contribution in [0, 0.1) is 0 Å². The quantitative estimate of drug-likeness (QED) is 0.740. The average molecular weight is 345 g/mol. The molecule has 24 heavy (non-hydrogen) atoms. The van der Waals surface area contributed by atoms with Gasteiger partial charge in [-0.05, 0) is 17.2 Å². The van der Waals surface area contributed by atoms with Crippen molar-refractivity contribution < 1.29 is 9.84 Å². The second kappa shape index (κ2) is 6.30. The highest BCUT2D eigenvalue weighted by atomic mass is 35.5. The van der Waals surface area contributed by atoms with E-state index in [-0.39, 0.29) is 11.2 Å². The van der Waals surface area contributed by atoms with Crippen molar-refractivity contribution >= 4 is 28.3 Å². The number of fused-ring (bicyclic) bond motifs is 1. The van der Waals surface area contributed by atoms with Crippen LogP contribution in [0.2, 0.25) is 5.28 Å². The molecule has 124 valence electrons. The Kier molecular flexibility index (Phi) is 4.00. The zero-order chi connectivity index (χ0) is 16.5. The van der Waals surface area contributed by atoms with Gasteiger partial charge in [-0.25, -0.2) is 4.98 Å². The number of anilines is 1. The maximum Gasteiger partial charge on any atom is 0.225 e. The van der Waals surface area contributed by atoms with Crippen molar-refractivity contribution in [3.05, 3.63) is 47.4 Å². The van der Waals surface area contributed by atoms with E-state index in [9.17, 15) is 5.11 Å². The molecule has 2 aromatic heterocycles. The first-order chi connectivity index (χ1) is 11.7. The number of morpholine rings is 1. The lowest BCUT2D eigenvalue weighted by Gasteiger charge is -2.28. The Labute approximate surface area is 144 Å². The summed E-state index contributed by atoms with van der Waals surface area (Å²) < 4.78 is 7.17. The molecule has 1 fully saturated rings. The van der Waals surface area contributed by atoms with Crippen LogP contribution >= 0.6 is 11.6 Å². The van der Waals surface area contributed by atoms with E-state index in [1.54, 1.807) is 4.57 Å². The predicted molar refractivity (Wildman–Crippen MR) is 92.8 cm³/mol. The minimum absolute atomic E-state index is 0.104. The Bertz CT molecular complexity index is 860. The van der Waals surface area contributed by atoms with E-state index in [1.165, 1.54) is 0 Å². The van der Waals surface area contributed by atoms with Gasteiger partial charge in [0.2, 0.25) is 11.2 Å². The number of rotatable bonds is 3. The zero-order valence-corrected chi connectivity index (χ0v) is 13.8. The third kappa shape index (κ3) is 2.79. The van der Waals surface area contributed by atoms with Gasteiger partial charge in [-0.3, -0.25) is 0 Å². The average Bonchev–Trinajstić information content (AvgIpc) is 2.92. The topological polar surface area (TPSA) is 63.4 Å². The molecule has 3 aromatic rings. The predicted octanol–water partition coefficient (Wildman–Crippen LogP) is 2.68. The van der Waals surface area contributed by atoms with E-state index < -0.39 is 0 Å². The van der Waals surface area contributed by atoms with Crippen molar-refractivity contribution in [3.8, 4) is 5.88 Å². The molecule has 0 spiro atoms.